The van der Waals surface area contributed by atoms with Crippen molar-refractivity contribution in [2.24, 2.45) is 0 Å². The van der Waals surface area contributed by atoms with Gasteiger partial charge in [0.05, 0.1) is 19.3 Å². The summed E-state index contributed by atoms with van der Waals surface area (Å²) in [6.07, 6.45) is 0. The Hall–Kier alpha value is -2.37. The van der Waals surface area contributed by atoms with Crippen LogP contribution in [-0.4, -0.2) is 50.3 Å². The van der Waals surface area contributed by atoms with Crippen molar-refractivity contribution in [3.05, 3.63) is 65.2 Å². The van der Waals surface area contributed by atoms with Crippen LogP contribution in [0.3, 0.4) is 0 Å². The molecule has 2 aromatic rings. The molecule has 27 heavy (non-hydrogen) atoms. The molecule has 2 aliphatic rings. The van der Waals surface area contributed by atoms with E-state index in [2.05, 4.69) is 41.4 Å². The van der Waals surface area contributed by atoms with Gasteiger partial charge >= 0.3 is 0 Å². The van der Waals surface area contributed by atoms with Crippen molar-refractivity contribution in [1.29, 1.82) is 0 Å². The van der Waals surface area contributed by atoms with Crippen LogP contribution in [0, 0.1) is 6.92 Å². The zero-order chi connectivity index (χ0) is 18.6. The molecular formula is C22H26N2O3. The van der Waals surface area contributed by atoms with E-state index in [-0.39, 0.29) is 17.9 Å². The Bertz CT molecular complexity index is 802. The summed E-state index contributed by atoms with van der Waals surface area (Å²) in [4.78, 5) is 15.3. The van der Waals surface area contributed by atoms with Gasteiger partial charge in [0.1, 0.15) is 18.3 Å². The van der Waals surface area contributed by atoms with Crippen LogP contribution >= 0.6 is 0 Å². The fourth-order valence-corrected chi connectivity index (χ4v) is 3.92. The fraction of sp³-hybridized carbons (Fsp3) is 0.409. The second-order valence-electron chi connectivity index (χ2n) is 7.22. The number of nitrogens with zero attached hydrogens (tertiary/aromatic N) is 1. The molecule has 1 amide bonds. The van der Waals surface area contributed by atoms with E-state index in [4.69, 9.17) is 9.47 Å². The summed E-state index contributed by atoms with van der Waals surface area (Å²) in [5.41, 5.74) is 3.45. The van der Waals surface area contributed by atoms with E-state index in [1.165, 1.54) is 11.1 Å². The highest BCUT2D eigenvalue weighted by Crippen LogP contribution is 2.33. The van der Waals surface area contributed by atoms with Crippen LogP contribution in [0.2, 0.25) is 0 Å². The minimum absolute atomic E-state index is 0.0332. The molecule has 5 nitrogen and oxygen atoms in total. The summed E-state index contributed by atoms with van der Waals surface area (Å²) in [7, 11) is 0. The predicted octanol–water partition coefficient (Wildman–Crippen LogP) is 2.66. The van der Waals surface area contributed by atoms with Gasteiger partial charge in [-0.15, -0.1) is 0 Å². The zero-order valence-electron chi connectivity index (χ0n) is 15.7. The largest absolute Gasteiger partial charge is 0.492 e. The molecule has 1 N–H and O–H groups in total. The lowest BCUT2D eigenvalue weighted by molar-refractivity contribution is -0.123. The van der Waals surface area contributed by atoms with Crippen molar-refractivity contribution in [1.82, 2.24) is 10.2 Å². The van der Waals surface area contributed by atoms with Gasteiger partial charge in [0, 0.05) is 25.2 Å². The third-order valence-corrected chi connectivity index (χ3v) is 5.40. The number of benzene rings is 2. The molecule has 4 rings (SSSR count). The molecule has 5 heteroatoms. The number of fused-ring (bicyclic) bond motifs is 1. The van der Waals surface area contributed by atoms with E-state index in [0.29, 0.717) is 13.2 Å². The number of hydrogen-bond acceptors (Lipinski definition) is 4. The second kappa shape index (κ2) is 8.11. The van der Waals surface area contributed by atoms with Crippen LogP contribution in [0.1, 0.15) is 28.7 Å². The Morgan fingerprint density at radius 3 is 2.81 bits per heavy atom. The van der Waals surface area contributed by atoms with Crippen LogP contribution in [0.25, 0.3) is 0 Å². The van der Waals surface area contributed by atoms with Crippen LogP contribution in [0.5, 0.6) is 5.75 Å². The highest BCUT2D eigenvalue weighted by atomic mass is 16.5. The number of nitrogens with one attached hydrogen (secondary N) is 1. The van der Waals surface area contributed by atoms with E-state index in [9.17, 15) is 4.79 Å². The predicted molar refractivity (Wildman–Crippen MR) is 104 cm³/mol. The summed E-state index contributed by atoms with van der Waals surface area (Å²) in [6, 6.07) is 16.5. The molecule has 0 aromatic heterocycles. The number of carbonyl (C=O) groups is 1. The van der Waals surface area contributed by atoms with E-state index in [0.717, 1.165) is 37.6 Å². The summed E-state index contributed by atoms with van der Waals surface area (Å²) in [5.74, 6) is 0.621. The third-order valence-electron chi connectivity index (χ3n) is 5.40. The Balaban J connectivity index is 1.48. The average molecular weight is 366 g/mol. The molecule has 0 spiro atoms. The first kappa shape index (κ1) is 18.0. The summed E-state index contributed by atoms with van der Waals surface area (Å²) in [6.45, 7) is 6.33. The number of ether oxygens (including phenoxy) is 2. The molecule has 2 atom stereocenters. The van der Waals surface area contributed by atoms with Gasteiger partial charge in [-0.3, -0.25) is 9.69 Å². The summed E-state index contributed by atoms with van der Waals surface area (Å²) >= 11 is 0. The number of para-hydroxylation sites is 1. The van der Waals surface area contributed by atoms with Gasteiger partial charge in [-0.2, -0.15) is 0 Å². The van der Waals surface area contributed by atoms with Gasteiger partial charge < -0.3 is 14.8 Å². The van der Waals surface area contributed by atoms with E-state index < -0.39 is 0 Å². The first-order valence-corrected chi connectivity index (χ1v) is 9.60. The Morgan fingerprint density at radius 2 is 2.00 bits per heavy atom. The maximum Gasteiger partial charge on any atom is 0.231 e. The maximum atomic E-state index is 12.9. The highest BCUT2D eigenvalue weighted by molar-refractivity contribution is 5.85. The number of aryl methyl sites for hydroxylation is 1. The van der Waals surface area contributed by atoms with Gasteiger partial charge in [-0.05, 0) is 18.6 Å². The van der Waals surface area contributed by atoms with Crippen LogP contribution in [0.15, 0.2) is 48.5 Å². The van der Waals surface area contributed by atoms with Crippen LogP contribution < -0.4 is 10.1 Å². The molecule has 0 radical (unpaired) electrons. The smallest absolute Gasteiger partial charge is 0.231 e. The highest BCUT2D eigenvalue weighted by Gasteiger charge is 2.31. The quantitative estimate of drug-likeness (QED) is 0.884. The minimum atomic E-state index is -0.232. The Kier molecular flexibility index (Phi) is 5.41. The molecule has 142 valence electrons. The molecule has 2 unspecified atom stereocenters. The first-order valence-electron chi connectivity index (χ1n) is 9.60. The number of carbonyl (C=O) groups excluding carboxylic acids is 1. The van der Waals surface area contributed by atoms with Crippen molar-refractivity contribution >= 4 is 5.91 Å². The molecule has 1 saturated heterocycles. The lowest BCUT2D eigenvalue weighted by atomic mass is 9.99. The van der Waals surface area contributed by atoms with Crippen molar-refractivity contribution < 1.29 is 14.3 Å². The van der Waals surface area contributed by atoms with Gasteiger partial charge in [0.2, 0.25) is 5.91 Å². The first-order chi connectivity index (χ1) is 13.2. The maximum absolute atomic E-state index is 12.9. The molecule has 0 saturated carbocycles. The van der Waals surface area contributed by atoms with Crippen molar-refractivity contribution in [2.45, 2.75) is 18.9 Å². The molecule has 1 fully saturated rings. The average Bonchev–Trinajstić information content (AvgIpc) is 3.13. The molecule has 0 bridgehead atoms. The van der Waals surface area contributed by atoms with Gasteiger partial charge in [0.15, 0.2) is 0 Å². The topological polar surface area (TPSA) is 50.8 Å². The van der Waals surface area contributed by atoms with Crippen molar-refractivity contribution in [3.63, 3.8) is 0 Å². The van der Waals surface area contributed by atoms with E-state index >= 15 is 0 Å². The van der Waals surface area contributed by atoms with Crippen LogP contribution in [0.4, 0.5) is 0 Å². The lowest BCUT2D eigenvalue weighted by Gasteiger charge is -2.35. The zero-order valence-corrected chi connectivity index (χ0v) is 15.7. The van der Waals surface area contributed by atoms with Gasteiger partial charge in [-0.25, -0.2) is 0 Å². The number of amides is 1. The molecule has 0 aliphatic carbocycles. The van der Waals surface area contributed by atoms with E-state index in [1.54, 1.807) is 0 Å². The molecule has 2 heterocycles. The second-order valence-corrected chi connectivity index (χ2v) is 7.22. The fourth-order valence-electron chi connectivity index (χ4n) is 3.92. The molecule has 2 aliphatic heterocycles. The number of hydrogen-bond donors (Lipinski definition) is 1. The normalized spacial score (nSPS) is 20.6. The van der Waals surface area contributed by atoms with Crippen molar-refractivity contribution in [2.75, 3.05) is 39.5 Å². The SMILES string of the molecule is Cc1cccc(C(CNC(=O)C2COc3ccccc32)N2CCOCC2)c1. The number of morpholine rings is 1. The standard InChI is InChI=1S/C22H26N2O3/c1-16-5-4-6-17(13-16)20(24-9-11-26-12-10-24)14-23-22(25)19-15-27-21-8-3-2-7-18(19)21/h2-8,13,19-20H,9-12,14-15H2,1H3,(H,23,25). The Labute approximate surface area is 160 Å². The molecular weight excluding hydrogens is 340 g/mol. The summed E-state index contributed by atoms with van der Waals surface area (Å²) in [5, 5.41) is 3.18. The molecule has 2 aromatic carbocycles. The van der Waals surface area contributed by atoms with E-state index in [1.807, 2.05) is 24.3 Å². The third kappa shape index (κ3) is 3.99. The van der Waals surface area contributed by atoms with Gasteiger partial charge in [-0.1, -0.05) is 48.0 Å². The minimum Gasteiger partial charge on any atom is -0.492 e. The summed E-state index contributed by atoms with van der Waals surface area (Å²) < 4.78 is 11.2. The monoisotopic (exact) mass is 366 g/mol. The van der Waals surface area contributed by atoms with Crippen molar-refractivity contribution in [3.8, 4) is 5.75 Å². The lowest BCUT2D eigenvalue weighted by Crippen LogP contribution is -2.44. The van der Waals surface area contributed by atoms with Gasteiger partial charge in [0.25, 0.3) is 0 Å². The Morgan fingerprint density at radius 1 is 1.19 bits per heavy atom. The van der Waals surface area contributed by atoms with Crippen LogP contribution in [-0.2, 0) is 9.53 Å². The number of rotatable bonds is 5.